The molecule has 4 nitrogen and oxygen atoms in total. The standard InChI is InChI=1S/C13H16FN3O/c1-7(2)17-11(12(15)16-13(17)18)9-5-4-8(3)10(14)6-9/h4-7,11H,1-3H3,(H2,15,16,18). The molecule has 96 valence electrons. The van der Waals surface area contributed by atoms with Crippen molar-refractivity contribution >= 4 is 11.9 Å². The summed E-state index contributed by atoms with van der Waals surface area (Å²) in [5.41, 5.74) is 1.17. The molecule has 1 unspecified atom stereocenters. The molecule has 18 heavy (non-hydrogen) atoms. The number of aryl methyl sites for hydroxylation is 1. The second kappa shape index (κ2) is 4.40. The Kier molecular flexibility index (Phi) is 3.07. The quantitative estimate of drug-likeness (QED) is 0.831. The van der Waals surface area contributed by atoms with E-state index in [0.29, 0.717) is 11.1 Å². The number of urea groups is 1. The van der Waals surface area contributed by atoms with Crippen LogP contribution in [0.25, 0.3) is 0 Å². The first kappa shape index (κ1) is 12.5. The monoisotopic (exact) mass is 249 g/mol. The van der Waals surface area contributed by atoms with Gasteiger partial charge in [-0.2, -0.15) is 0 Å². The van der Waals surface area contributed by atoms with Crippen molar-refractivity contribution in [3.05, 3.63) is 35.1 Å². The van der Waals surface area contributed by atoms with Gasteiger partial charge in [-0.05, 0) is 38.0 Å². The average molecular weight is 249 g/mol. The predicted octanol–water partition coefficient (Wildman–Crippen LogP) is 2.59. The first-order chi connectivity index (χ1) is 8.41. The van der Waals surface area contributed by atoms with E-state index < -0.39 is 6.04 Å². The van der Waals surface area contributed by atoms with Gasteiger partial charge in [0.1, 0.15) is 17.7 Å². The zero-order chi connectivity index (χ0) is 13.4. The zero-order valence-corrected chi connectivity index (χ0v) is 10.6. The number of nitrogens with one attached hydrogen (secondary N) is 2. The predicted molar refractivity (Wildman–Crippen MR) is 67.1 cm³/mol. The second-order valence-electron chi connectivity index (χ2n) is 4.76. The van der Waals surface area contributed by atoms with E-state index in [1.165, 1.54) is 6.07 Å². The van der Waals surface area contributed by atoms with Gasteiger partial charge in [0.15, 0.2) is 0 Å². The maximum atomic E-state index is 13.6. The Bertz CT molecular complexity index is 513. The van der Waals surface area contributed by atoms with Gasteiger partial charge in [0.2, 0.25) is 0 Å². The van der Waals surface area contributed by atoms with Gasteiger partial charge in [0, 0.05) is 6.04 Å². The third kappa shape index (κ3) is 1.96. The van der Waals surface area contributed by atoms with E-state index in [2.05, 4.69) is 5.32 Å². The lowest BCUT2D eigenvalue weighted by Gasteiger charge is -2.26. The van der Waals surface area contributed by atoms with Crippen molar-refractivity contribution in [1.82, 2.24) is 10.2 Å². The summed E-state index contributed by atoms with van der Waals surface area (Å²) in [6.07, 6.45) is 0. The Morgan fingerprint density at radius 3 is 2.67 bits per heavy atom. The molecule has 0 bridgehead atoms. The molecule has 0 aromatic heterocycles. The van der Waals surface area contributed by atoms with Crippen LogP contribution in [0.4, 0.5) is 9.18 Å². The number of hydrogen-bond acceptors (Lipinski definition) is 2. The van der Waals surface area contributed by atoms with Gasteiger partial charge in [0.25, 0.3) is 0 Å². The lowest BCUT2D eigenvalue weighted by Crippen LogP contribution is -2.35. The Labute approximate surface area is 105 Å². The van der Waals surface area contributed by atoms with Crippen LogP contribution in [0.15, 0.2) is 18.2 Å². The molecule has 2 rings (SSSR count). The molecular formula is C13H16FN3O. The molecule has 0 radical (unpaired) electrons. The van der Waals surface area contributed by atoms with Crippen molar-refractivity contribution in [2.24, 2.45) is 0 Å². The summed E-state index contributed by atoms with van der Waals surface area (Å²) in [5.74, 6) is -0.222. The second-order valence-corrected chi connectivity index (χ2v) is 4.76. The van der Waals surface area contributed by atoms with Crippen LogP contribution in [0.3, 0.4) is 0 Å². The molecule has 1 aliphatic heterocycles. The Morgan fingerprint density at radius 1 is 1.44 bits per heavy atom. The molecular weight excluding hydrogens is 233 g/mol. The van der Waals surface area contributed by atoms with Crippen molar-refractivity contribution in [2.75, 3.05) is 0 Å². The highest BCUT2D eigenvalue weighted by Crippen LogP contribution is 2.28. The Hall–Kier alpha value is -1.91. The lowest BCUT2D eigenvalue weighted by molar-refractivity contribution is 0.190. The molecule has 1 aromatic carbocycles. The number of halogens is 1. The molecule has 0 aliphatic carbocycles. The fraction of sp³-hybridized carbons (Fsp3) is 0.385. The third-order valence-electron chi connectivity index (χ3n) is 3.10. The fourth-order valence-electron chi connectivity index (χ4n) is 2.14. The highest BCUT2D eigenvalue weighted by molar-refractivity contribution is 6.06. The Balaban J connectivity index is 2.43. The normalized spacial score (nSPS) is 19.6. The van der Waals surface area contributed by atoms with Gasteiger partial charge in [-0.3, -0.25) is 10.7 Å². The van der Waals surface area contributed by atoms with Crippen LogP contribution in [0.1, 0.15) is 31.0 Å². The van der Waals surface area contributed by atoms with E-state index in [4.69, 9.17) is 5.41 Å². The zero-order valence-electron chi connectivity index (χ0n) is 10.6. The maximum absolute atomic E-state index is 13.6. The van der Waals surface area contributed by atoms with Crippen molar-refractivity contribution in [1.29, 1.82) is 5.41 Å². The van der Waals surface area contributed by atoms with Gasteiger partial charge < -0.3 is 4.90 Å². The van der Waals surface area contributed by atoms with E-state index in [0.717, 1.165) is 0 Å². The van der Waals surface area contributed by atoms with Crippen LogP contribution in [0, 0.1) is 18.2 Å². The van der Waals surface area contributed by atoms with E-state index in [1.54, 1.807) is 24.0 Å². The average Bonchev–Trinajstić information content (AvgIpc) is 2.57. The third-order valence-corrected chi connectivity index (χ3v) is 3.10. The van der Waals surface area contributed by atoms with E-state index >= 15 is 0 Å². The van der Waals surface area contributed by atoms with Crippen molar-refractivity contribution in [3.8, 4) is 0 Å². The van der Waals surface area contributed by atoms with Crippen LogP contribution in [0.5, 0.6) is 0 Å². The molecule has 0 spiro atoms. The number of carbonyl (C=O) groups excluding carboxylic acids is 1. The summed E-state index contributed by atoms with van der Waals surface area (Å²) in [5, 5.41) is 10.3. The van der Waals surface area contributed by atoms with E-state index in [1.807, 2.05) is 13.8 Å². The van der Waals surface area contributed by atoms with Crippen molar-refractivity contribution in [3.63, 3.8) is 0 Å². The van der Waals surface area contributed by atoms with Crippen LogP contribution >= 0.6 is 0 Å². The Morgan fingerprint density at radius 2 is 2.11 bits per heavy atom. The molecule has 2 amide bonds. The van der Waals surface area contributed by atoms with Gasteiger partial charge in [0.05, 0.1) is 0 Å². The van der Waals surface area contributed by atoms with Crippen molar-refractivity contribution in [2.45, 2.75) is 32.9 Å². The number of rotatable bonds is 2. The SMILES string of the molecule is Cc1ccc(C2C(=N)NC(=O)N2C(C)C)cc1F. The number of amidine groups is 1. The maximum Gasteiger partial charge on any atom is 0.323 e. The fourth-order valence-corrected chi connectivity index (χ4v) is 2.14. The van der Waals surface area contributed by atoms with Crippen molar-refractivity contribution < 1.29 is 9.18 Å². The first-order valence-electron chi connectivity index (χ1n) is 5.85. The number of benzene rings is 1. The summed E-state index contributed by atoms with van der Waals surface area (Å²) in [4.78, 5) is 13.3. The summed E-state index contributed by atoms with van der Waals surface area (Å²) >= 11 is 0. The first-order valence-corrected chi connectivity index (χ1v) is 5.85. The highest BCUT2D eigenvalue weighted by Gasteiger charge is 2.38. The summed E-state index contributed by atoms with van der Waals surface area (Å²) < 4.78 is 13.6. The number of carbonyl (C=O) groups is 1. The molecule has 1 aromatic rings. The molecule has 5 heteroatoms. The highest BCUT2D eigenvalue weighted by atomic mass is 19.1. The van der Waals surface area contributed by atoms with Crippen LogP contribution < -0.4 is 5.32 Å². The summed E-state index contributed by atoms with van der Waals surface area (Å²) in [7, 11) is 0. The van der Waals surface area contributed by atoms with Crippen LogP contribution in [-0.4, -0.2) is 22.8 Å². The summed E-state index contributed by atoms with van der Waals surface area (Å²) in [6, 6.07) is 3.94. The summed E-state index contributed by atoms with van der Waals surface area (Å²) in [6.45, 7) is 5.42. The molecule has 1 aliphatic rings. The topological polar surface area (TPSA) is 56.2 Å². The van der Waals surface area contributed by atoms with Gasteiger partial charge >= 0.3 is 6.03 Å². The number of nitrogens with zero attached hydrogens (tertiary/aromatic N) is 1. The van der Waals surface area contributed by atoms with E-state index in [9.17, 15) is 9.18 Å². The van der Waals surface area contributed by atoms with Crippen LogP contribution in [-0.2, 0) is 0 Å². The van der Waals surface area contributed by atoms with Gasteiger partial charge in [-0.15, -0.1) is 0 Å². The molecule has 0 saturated carbocycles. The molecule has 1 heterocycles. The molecule has 1 fully saturated rings. The smallest absolute Gasteiger partial charge is 0.308 e. The largest absolute Gasteiger partial charge is 0.323 e. The lowest BCUT2D eigenvalue weighted by atomic mass is 10.0. The number of amides is 2. The minimum Gasteiger partial charge on any atom is -0.308 e. The minimum absolute atomic E-state index is 0.0535. The van der Waals surface area contributed by atoms with E-state index in [-0.39, 0.29) is 23.7 Å². The van der Waals surface area contributed by atoms with Gasteiger partial charge in [-0.25, -0.2) is 9.18 Å². The molecule has 1 atom stereocenters. The minimum atomic E-state index is -0.521. The van der Waals surface area contributed by atoms with Crippen LogP contribution in [0.2, 0.25) is 0 Å². The van der Waals surface area contributed by atoms with Gasteiger partial charge in [-0.1, -0.05) is 12.1 Å². The molecule has 1 saturated heterocycles. The molecule has 2 N–H and O–H groups in total. The number of hydrogen-bond donors (Lipinski definition) is 2.